The smallest absolute Gasteiger partial charge is 0.164 e. The summed E-state index contributed by atoms with van der Waals surface area (Å²) in [6, 6.07) is 116. The van der Waals surface area contributed by atoms with Gasteiger partial charge in [-0.25, -0.2) is 29.9 Å². The van der Waals surface area contributed by atoms with Crippen molar-refractivity contribution in [3.05, 3.63) is 350 Å². The monoisotopic (exact) mass is 1310 g/mol. The first-order valence-electron chi connectivity index (χ1n) is 34.5. The molecule has 0 aliphatic carbocycles. The third-order valence-electron chi connectivity index (χ3n) is 19.5. The van der Waals surface area contributed by atoms with Crippen molar-refractivity contribution in [2.45, 2.75) is 27.7 Å². The molecule has 0 aliphatic heterocycles. The fraction of sp³-hybridized carbons (Fsp3) is 0.0435. The highest BCUT2D eigenvalue weighted by atomic mass is 15.2. The number of hydrogen-bond donors (Lipinski definition) is 0. The van der Waals surface area contributed by atoms with E-state index in [0.29, 0.717) is 34.9 Å². The second-order valence-corrected chi connectivity index (χ2v) is 26.2. The normalized spacial score (nSPS) is 11.5. The fourth-order valence-electron chi connectivity index (χ4n) is 14.3. The van der Waals surface area contributed by atoms with Gasteiger partial charge in [0.2, 0.25) is 0 Å². The maximum Gasteiger partial charge on any atom is 0.164 e. The minimum atomic E-state index is 0.646. The summed E-state index contributed by atoms with van der Waals surface area (Å²) in [6.45, 7) is 8.35. The lowest BCUT2D eigenvalue weighted by atomic mass is 9.98. The first-order chi connectivity index (χ1) is 50.2. The molecule has 6 heterocycles. The first-order valence-corrected chi connectivity index (χ1v) is 34.5. The summed E-state index contributed by atoms with van der Waals surface area (Å²) in [7, 11) is 0. The van der Waals surface area contributed by atoms with Crippen LogP contribution in [0.4, 0.5) is 0 Å². The van der Waals surface area contributed by atoms with Crippen molar-refractivity contribution in [1.82, 2.24) is 47.8 Å². The fourth-order valence-corrected chi connectivity index (χ4v) is 14.3. The summed E-state index contributed by atoms with van der Waals surface area (Å²) in [6.07, 6.45) is 0. The van der Waals surface area contributed by atoms with Gasteiger partial charge >= 0.3 is 0 Å². The van der Waals surface area contributed by atoms with Gasteiger partial charge in [0.05, 0.1) is 33.1 Å². The molecule has 0 atom stereocenters. The van der Waals surface area contributed by atoms with E-state index >= 15 is 0 Å². The van der Waals surface area contributed by atoms with Gasteiger partial charge in [0, 0.05) is 66.7 Å². The zero-order valence-electron chi connectivity index (χ0n) is 56.6. The Bertz CT molecular complexity index is 6200. The minimum Gasteiger partial charge on any atom is -0.293 e. The predicted molar refractivity (Wildman–Crippen MR) is 418 cm³/mol. The van der Waals surface area contributed by atoms with Crippen LogP contribution in [0.1, 0.15) is 22.3 Å². The van der Waals surface area contributed by atoms with Crippen LogP contribution >= 0.6 is 0 Å². The van der Waals surface area contributed by atoms with E-state index in [2.05, 4.69) is 373 Å². The predicted octanol–water partition coefficient (Wildman–Crippen LogP) is 22.7. The quantitative estimate of drug-likeness (QED) is 0.128. The largest absolute Gasteiger partial charge is 0.293 e. The summed E-state index contributed by atoms with van der Waals surface area (Å²) in [4.78, 5) is 29.7. The number of benzene rings is 13. The lowest BCUT2D eigenvalue weighted by Gasteiger charge is -2.11. The Kier molecular flexibility index (Phi) is 15.2. The van der Waals surface area contributed by atoms with Gasteiger partial charge in [-0.2, -0.15) is 0 Å². The SMILES string of the molecule is Cc1ccc(-c2nc(-c3ccc(C)cc3)nc(-c3ccc(-c4c5ccccc5n5c6ccccc6n(-c6ccccc6)c45)cc3)n2)cc1.Cc1ccc(-c2nc(-c3ccc(C)cc3)nc(-c3ccc(-c4ccc(-c5c6ccccc6n6c7ccccc7n(-c7ccccc7)c56)cc4)cc3)n2)cc1. The standard InChI is InChI=1S/C49H35N5.C43H31N5/c1-32-16-20-37(21-17-32)46-50-47(38-22-18-33(2)19-23-38)52-48(51-46)39-30-26-35(27-31-39)34-24-28-36(29-25-34)45-41-12-6-7-13-42(41)54-44-15-9-8-14-43(44)53(49(45)54)40-10-4-3-5-11-40;1-28-16-20-31(21-17-28)40-44-41(32-22-18-29(2)19-23-32)46-42(45-40)33-26-24-30(25-27-33)39-35-12-6-7-13-36(35)48-38-15-9-8-14-37(38)47(43(39)48)34-10-4-3-5-11-34/h3-31H,1-2H3;3-27H,1-2H3. The summed E-state index contributed by atoms with van der Waals surface area (Å²) in [5.74, 6) is 3.94. The maximum atomic E-state index is 4.99. The van der Waals surface area contributed by atoms with E-state index in [0.717, 1.165) is 72.7 Å². The van der Waals surface area contributed by atoms with Crippen LogP contribution in [0.2, 0.25) is 0 Å². The number of para-hydroxylation sites is 8. The molecule has 0 spiro atoms. The molecular formula is C92H66N10. The highest BCUT2D eigenvalue weighted by Crippen LogP contribution is 2.44. The summed E-state index contributed by atoms with van der Waals surface area (Å²) >= 11 is 0. The molecule has 102 heavy (non-hydrogen) atoms. The molecular weight excluding hydrogens is 1250 g/mol. The Hall–Kier alpha value is -13.4. The third kappa shape index (κ3) is 10.9. The molecule has 0 N–H and O–H groups in total. The molecule has 484 valence electrons. The Morgan fingerprint density at radius 1 is 0.186 bits per heavy atom. The Morgan fingerprint density at radius 2 is 0.402 bits per heavy atom. The zero-order valence-corrected chi connectivity index (χ0v) is 56.6. The second-order valence-electron chi connectivity index (χ2n) is 26.2. The summed E-state index contributed by atoms with van der Waals surface area (Å²) in [5.41, 5.74) is 29.1. The van der Waals surface area contributed by atoms with Gasteiger partial charge < -0.3 is 0 Å². The lowest BCUT2D eigenvalue weighted by Crippen LogP contribution is -2.00. The van der Waals surface area contributed by atoms with Gasteiger partial charge in [-0.1, -0.05) is 289 Å². The highest BCUT2D eigenvalue weighted by Gasteiger charge is 2.25. The topological polar surface area (TPSA) is 96.0 Å². The number of hydrogen-bond acceptors (Lipinski definition) is 6. The first kappa shape index (κ1) is 60.9. The van der Waals surface area contributed by atoms with E-state index < -0.39 is 0 Å². The van der Waals surface area contributed by atoms with Crippen LogP contribution in [0.15, 0.2) is 328 Å². The van der Waals surface area contributed by atoms with Crippen molar-refractivity contribution in [2.24, 2.45) is 0 Å². The molecule has 0 saturated carbocycles. The zero-order chi connectivity index (χ0) is 68.4. The Morgan fingerprint density at radius 3 is 0.686 bits per heavy atom. The summed E-state index contributed by atoms with van der Waals surface area (Å²) < 4.78 is 9.59. The van der Waals surface area contributed by atoms with Crippen LogP contribution < -0.4 is 0 Å². The second kappa shape index (κ2) is 25.4. The Labute approximate surface area is 590 Å². The number of aryl methyl sites for hydroxylation is 4. The van der Waals surface area contributed by atoms with Gasteiger partial charge in [-0.05, 0) is 111 Å². The van der Waals surface area contributed by atoms with Crippen LogP contribution in [0.3, 0.4) is 0 Å². The van der Waals surface area contributed by atoms with Crippen LogP contribution in [0.5, 0.6) is 0 Å². The lowest BCUT2D eigenvalue weighted by molar-refractivity contribution is 1.07. The maximum absolute atomic E-state index is 4.99. The molecule has 10 heteroatoms. The molecule has 0 bridgehead atoms. The van der Waals surface area contributed by atoms with Crippen molar-refractivity contribution in [3.8, 4) is 113 Å². The van der Waals surface area contributed by atoms with Crippen LogP contribution in [-0.2, 0) is 0 Å². The summed E-state index contributed by atoms with van der Waals surface area (Å²) in [5, 5.41) is 2.44. The molecule has 19 aromatic rings. The van der Waals surface area contributed by atoms with E-state index in [1.807, 2.05) is 0 Å². The molecule has 0 aliphatic rings. The molecule has 0 amide bonds. The molecule has 10 nitrogen and oxygen atoms in total. The van der Waals surface area contributed by atoms with Gasteiger partial charge in [-0.3, -0.25) is 17.9 Å². The molecule has 6 aromatic heterocycles. The van der Waals surface area contributed by atoms with E-state index in [1.165, 1.54) is 82.8 Å². The molecule has 0 unspecified atom stereocenters. The minimum absolute atomic E-state index is 0.646. The molecule has 19 rings (SSSR count). The average Bonchev–Trinajstić information content (AvgIpc) is 1.56. The number of imidazole rings is 2. The molecule has 0 fully saturated rings. The van der Waals surface area contributed by atoms with Crippen LogP contribution in [0.25, 0.3) is 168 Å². The van der Waals surface area contributed by atoms with E-state index in [4.69, 9.17) is 29.9 Å². The van der Waals surface area contributed by atoms with Crippen molar-refractivity contribution in [3.63, 3.8) is 0 Å². The average molecular weight is 1310 g/mol. The molecule has 0 saturated heterocycles. The molecule has 13 aromatic carbocycles. The van der Waals surface area contributed by atoms with E-state index in [-0.39, 0.29) is 0 Å². The number of rotatable bonds is 11. The van der Waals surface area contributed by atoms with Gasteiger partial charge in [0.25, 0.3) is 0 Å². The molecule has 0 radical (unpaired) electrons. The van der Waals surface area contributed by atoms with Crippen LogP contribution in [0, 0.1) is 27.7 Å². The van der Waals surface area contributed by atoms with Crippen molar-refractivity contribution in [2.75, 3.05) is 0 Å². The van der Waals surface area contributed by atoms with E-state index in [9.17, 15) is 0 Å². The Balaban J connectivity index is 0.000000147. The number of aromatic nitrogens is 10. The highest BCUT2D eigenvalue weighted by molar-refractivity contribution is 6.11. The van der Waals surface area contributed by atoms with E-state index in [1.54, 1.807) is 0 Å². The van der Waals surface area contributed by atoms with Gasteiger partial charge in [-0.15, -0.1) is 0 Å². The third-order valence-corrected chi connectivity index (χ3v) is 19.5. The van der Waals surface area contributed by atoms with Crippen LogP contribution in [-0.4, -0.2) is 47.8 Å². The number of fused-ring (bicyclic) bond motifs is 10. The van der Waals surface area contributed by atoms with Crippen molar-refractivity contribution >= 4 is 55.2 Å². The van der Waals surface area contributed by atoms with Crippen molar-refractivity contribution < 1.29 is 0 Å². The van der Waals surface area contributed by atoms with Gasteiger partial charge in [0.1, 0.15) is 11.3 Å². The van der Waals surface area contributed by atoms with Crippen molar-refractivity contribution in [1.29, 1.82) is 0 Å². The van der Waals surface area contributed by atoms with Gasteiger partial charge in [0.15, 0.2) is 34.9 Å². The number of nitrogens with zero attached hydrogens (tertiary/aromatic N) is 10.